The summed E-state index contributed by atoms with van der Waals surface area (Å²) in [5, 5.41) is 0.269. The van der Waals surface area contributed by atoms with Crippen LogP contribution in [0.1, 0.15) is 36.3 Å². The fourth-order valence-electron chi connectivity index (χ4n) is 3.82. The maximum atomic E-state index is 13.7. The molecule has 2 fully saturated rings. The maximum Gasteiger partial charge on any atom is 0.254 e. The zero-order chi connectivity index (χ0) is 21.4. The highest BCUT2D eigenvalue weighted by atomic mass is 35.5. The van der Waals surface area contributed by atoms with Crippen LogP contribution < -0.4 is 4.74 Å². The van der Waals surface area contributed by atoms with E-state index >= 15 is 0 Å². The lowest BCUT2D eigenvalue weighted by Crippen LogP contribution is -2.53. The van der Waals surface area contributed by atoms with E-state index in [1.54, 1.807) is 29.3 Å². The van der Waals surface area contributed by atoms with Gasteiger partial charge in [-0.05, 0) is 44.2 Å². The molecule has 1 aromatic heterocycles. The van der Waals surface area contributed by atoms with Crippen molar-refractivity contribution >= 4 is 17.5 Å². The first-order valence-electron chi connectivity index (χ1n) is 9.86. The molecule has 2 aromatic rings. The van der Waals surface area contributed by atoms with Crippen LogP contribution in [0.15, 0.2) is 42.6 Å². The van der Waals surface area contributed by atoms with Gasteiger partial charge in [-0.3, -0.25) is 9.78 Å². The van der Waals surface area contributed by atoms with Crippen LogP contribution in [0.2, 0.25) is 5.02 Å². The topological polar surface area (TPSA) is 60.9 Å². The third kappa shape index (κ3) is 4.15. The van der Waals surface area contributed by atoms with Crippen LogP contribution in [-0.4, -0.2) is 54.1 Å². The number of hydrogen-bond donors (Lipinski definition) is 0. The third-order valence-corrected chi connectivity index (χ3v) is 5.68. The molecule has 8 heteroatoms. The number of halogens is 2. The molecular formula is C22H24ClFN2O4. The molecule has 0 radical (unpaired) electrons. The number of rotatable bonds is 5. The Hall–Kier alpha value is -2.22. The molecule has 1 amide bonds. The summed E-state index contributed by atoms with van der Waals surface area (Å²) in [5.74, 6) is 0.193. The molecule has 0 N–H and O–H groups in total. The first-order chi connectivity index (χ1) is 14.3. The summed E-state index contributed by atoms with van der Waals surface area (Å²) in [6.07, 6.45) is 2.02. The van der Waals surface area contributed by atoms with E-state index in [1.165, 1.54) is 13.8 Å². The number of alkyl halides is 1. The van der Waals surface area contributed by atoms with E-state index in [2.05, 4.69) is 4.98 Å². The molecule has 6 nitrogen and oxygen atoms in total. The number of fused-ring (bicyclic) bond motifs is 1. The number of amides is 1. The zero-order valence-corrected chi connectivity index (χ0v) is 17.7. The monoisotopic (exact) mass is 434 g/mol. The SMILES string of the molecule is CC(C)(F)COc1ccc(C(=O)N2CC[C@]3(c4ccccn4)OCOC3C2)cc1Cl. The van der Waals surface area contributed by atoms with Gasteiger partial charge in [0.1, 0.15) is 36.5 Å². The molecule has 1 aromatic carbocycles. The van der Waals surface area contributed by atoms with E-state index in [4.69, 9.17) is 25.8 Å². The summed E-state index contributed by atoms with van der Waals surface area (Å²) in [7, 11) is 0. The first-order valence-corrected chi connectivity index (χ1v) is 10.2. The molecule has 2 aliphatic heterocycles. The third-order valence-electron chi connectivity index (χ3n) is 5.38. The van der Waals surface area contributed by atoms with Gasteiger partial charge in [-0.15, -0.1) is 0 Å². The number of carbonyl (C=O) groups excluding carboxylic acids is 1. The number of pyridine rings is 1. The lowest BCUT2D eigenvalue weighted by atomic mass is 9.85. The van der Waals surface area contributed by atoms with Crippen LogP contribution >= 0.6 is 11.6 Å². The van der Waals surface area contributed by atoms with Crippen LogP contribution in [-0.2, 0) is 15.1 Å². The van der Waals surface area contributed by atoms with E-state index in [1.807, 2.05) is 18.2 Å². The summed E-state index contributed by atoms with van der Waals surface area (Å²) < 4.78 is 30.8. The first kappa shape index (κ1) is 21.0. The number of aromatic nitrogens is 1. The van der Waals surface area contributed by atoms with Crippen molar-refractivity contribution in [1.29, 1.82) is 0 Å². The second-order valence-electron chi connectivity index (χ2n) is 8.18. The molecule has 2 aliphatic rings. The van der Waals surface area contributed by atoms with Gasteiger partial charge in [0.25, 0.3) is 5.91 Å². The second-order valence-corrected chi connectivity index (χ2v) is 8.58. The van der Waals surface area contributed by atoms with Gasteiger partial charge < -0.3 is 19.1 Å². The van der Waals surface area contributed by atoms with Crippen LogP contribution in [0.5, 0.6) is 5.75 Å². The minimum atomic E-state index is -1.48. The summed E-state index contributed by atoms with van der Waals surface area (Å²) >= 11 is 6.26. The lowest BCUT2D eigenvalue weighted by Gasteiger charge is -2.41. The molecule has 1 unspecified atom stereocenters. The zero-order valence-electron chi connectivity index (χ0n) is 16.9. The number of nitrogens with zero attached hydrogens (tertiary/aromatic N) is 2. The van der Waals surface area contributed by atoms with Crippen molar-refractivity contribution < 1.29 is 23.4 Å². The lowest BCUT2D eigenvalue weighted by molar-refractivity contribution is -0.0470. The predicted molar refractivity (Wildman–Crippen MR) is 109 cm³/mol. The Bertz CT molecular complexity index is 921. The summed E-state index contributed by atoms with van der Waals surface area (Å²) in [6.45, 7) is 3.79. The van der Waals surface area contributed by atoms with E-state index in [0.29, 0.717) is 30.8 Å². The number of piperidine rings is 1. The Morgan fingerprint density at radius 1 is 1.40 bits per heavy atom. The van der Waals surface area contributed by atoms with Crippen LogP contribution in [0, 0.1) is 0 Å². The Labute approximate surface area is 179 Å². The summed E-state index contributed by atoms with van der Waals surface area (Å²) in [5.41, 5.74) is -0.849. The predicted octanol–water partition coefficient (Wildman–Crippen LogP) is 3.98. The average molecular weight is 435 g/mol. The molecule has 0 spiro atoms. The molecule has 160 valence electrons. The van der Waals surface area contributed by atoms with Gasteiger partial charge in [0.15, 0.2) is 0 Å². The molecule has 0 saturated carbocycles. The van der Waals surface area contributed by atoms with E-state index in [9.17, 15) is 9.18 Å². The standard InChI is InChI=1S/C22H24ClFN2O4/c1-21(2,24)13-28-17-7-6-15(11-16(17)23)20(27)26-10-8-22(18-5-3-4-9-25-18)19(12-26)29-14-30-22/h3-7,9,11,19H,8,10,12-14H2,1-2H3/t19?,22-/m1/s1. The molecule has 2 atom stereocenters. The van der Waals surface area contributed by atoms with Crippen molar-refractivity contribution in [3.8, 4) is 5.75 Å². The second kappa shape index (κ2) is 8.13. The molecule has 4 rings (SSSR count). The van der Waals surface area contributed by atoms with Crippen molar-refractivity contribution in [2.75, 3.05) is 26.5 Å². The number of benzene rings is 1. The van der Waals surface area contributed by atoms with Crippen molar-refractivity contribution in [3.05, 3.63) is 58.9 Å². The molecule has 30 heavy (non-hydrogen) atoms. The number of likely N-dealkylation sites (tertiary alicyclic amines) is 1. The quantitative estimate of drug-likeness (QED) is 0.712. The van der Waals surface area contributed by atoms with Crippen LogP contribution in [0.3, 0.4) is 0 Å². The van der Waals surface area contributed by atoms with Gasteiger partial charge in [-0.25, -0.2) is 4.39 Å². The van der Waals surface area contributed by atoms with Gasteiger partial charge in [0, 0.05) is 24.7 Å². The van der Waals surface area contributed by atoms with E-state index < -0.39 is 11.3 Å². The molecule has 3 heterocycles. The number of hydrogen-bond acceptors (Lipinski definition) is 5. The van der Waals surface area contributed by atoms with Crippen LogP contribution in [0.4, 0.5) is 4.39 Å². The Morgan fingerprint density at radius 3 is 2.93 bits per heavy atom. The van der Waals surface area contributed by atoms with Crippen molar-refractivity contribution in [2.24, 2.45) is 0 Å². The number of ether oxygens (including phenoxy) is 3. The highest BCUT2D eigenvalue weighted by molar-refractivity contribution is 6.32. The van der Waals surface area contributed by atoms with Crippen molar-refractivity contribution in [1.82, 2.24) is 9.88 Å². The smallest absolute Gasteiger partial charge is 0.254 e. The van der Waals surface area contributed by atoms with E-state index in [0.717, 1.165) is 5.69 Å². The normalized spacial score (nSPS) is 23.9. The molecule has 2 saturated heterocycles. The maximum absolute atomic E-state index is 13.7. The summed E-state index contributed by atoms with van der Waals surface area (Å²) in [4.78, 5) is 19.3. The van der Waals surface area contributed by atoms with Gasteiger partial charge in [-0.1, -0.05) is 17.7 Å². The van der Waals surface area contributed by atoms with E-state index in [-0.39, 0.29) is 30.4 Å². The minimum Gasteiger partial charge on any atom is -0.489 e. The Morgan fingerprint density at radius 2 is 2.23 bits per heavy atom. The average Bonchev–Trinajstić information content (AvgIpc) is 3.16. The highest BCUT2D eigenvalue weighted by Crippen LogP contribution is 2.42. The van der Waals surface area contributed by atoms with Crippen molar-refractivity contribution in [3.63, 3.8) is 0 Å². The number of carbonyl (C=O) groups is 1. The molecular weight excluding hydrogens is 411 g/mol. The molecule has 0 aliphatic carbocycles. The van der Waals surface area contributed by atoms with Gasteiger partial charge in [0.05, 0.1) is 17.3 Å². The van der Waals surface area contributed by atoms with Gasteiger partial charge >= 0.3 is 0 Å². The van der Waals surface area contributed by atoms with Crippen molar-refractivity contribution in [2.45, 2.75) is 37.6 Å². The largest absolute Gasteiger partial charge is 0.489 e. The van der Waals surface area contributed by atoms with Crippen LogP contribution in [0.25, 0.3) is 0 Å². The Balaban J connectivity index is 1.47. The summed E-state index contributed by atoms with van der Waals surface area (Å²) in [6, 6.07) is 10.5. The minimum absolute atomic E-state index is 0.124. The van der Waals surface area contributed by atoms with Gasteiger partial charge in [0.2, 0.25) is 0 Å². The highest BCUT2D eigenvalue weighted by Gasteiger charge is 2.52. The van der Waals surface area contributed by atoms with Gasteiger partial charge in [-0.2, -0.15) is 0 Å². The Kier molecular flexibility index (Phi) is 5.70. The fraction of sp³-hybridized carbons (Fsp3) is 0.455. The fourth-order valence-corrected chi connectivity index (χ4v) is 4.06. The molecule has 0 bridgehead atoms.